The van der Waals surface area contributed by atoms with Gasteiger partial charge in [0.2, 0.25) is 0 Å². The van der Waals surface area contributed by atoms with Crippen LogP contribution in [0.5, 0.6) is 0 Å². The van der Waals surface area contributed by atoms with Gasteiger partial charge in [-0.05, 0) is 48.5 Å². The Morgan fingerprint density at radius 1 is 0.552 bits per heavy atom. The van der Waals surface area contributed by atoms with E-state index in [9.17, 15) is 0 Å². The van der Waals surface area contributed by atoms with Crippen LogP contribution in [0, 0.1) is 0 Å². The van der Waals surface area contributed by atoms with E-state index in [0.717, 1.165) is 11.7 Å². The van der Waals surface area contributed by atoms with E-state index >= 15 is 0 Å². The van der Waals surface area contributed by atoms with Gasteiger partial charge in [0.25, 0.3) is 0 Å². The molecule has 29 heavy (non-hydrogen) atoms. The summed E-state index contributed by atoms with van der Waals surface area (Å²) in [6, 6.07) is 41.5. The van der Waals surface area contributed by atoms with Crippen LogP contribution in [0.1, 0.15) is 5.01 Å². The first-order valence-electron chi connectivity index (χ1n) is 9.76. The molecule has 1 heterocycles. The number of hydrogen-bond acceptors (Lipinski definition) is 2. The molecule has 0 spiro atoms. The predicted molar refractivity (Wildman–Crippen MR) is 128 cm³/mol. The molecule has 0 amide bonds. The van der Waals surface area contributed by atoms with Gasteiger partial charge in [0, 0.05) is 0 Å². The van der Waals surface area contributed by atoms with E-state index in [1.54, 1.807) is 0 Å². The Morgan fingerprint density at radius 2 is 1.00 bits per heavy atom. The maximum absolute atomic E-state index is 5.02. The maximum Gasteiger partial charge on any atom is 0.132 e. The third-order valence-electron chi connectivity index (χ3n) is 5.30. The summed E-state index contributed by atoms with van der Waals surface area (Å²) in [5.41, 5.74) is 1.10. The van der Waals surface area contributed by atoms with E-state index in [0.29, 0.717) is 0 Å². The van der Waals surface area contributed by atoms with Crippen LogP contribution in [-0.4, -0.2) is 4.98 Å². The van der Waals surface area contributed by atoms with Crippen molar-refractivity contribution in [3.8, 4) is 0 Å². The molecular weight excluding hydrogens is 389 g/mol. The van der Waals surface area contributed by atoms with Gasteiger partial charge in [0.05, 0.1) is 10.2 Å². The van der Waals surface area contributed by atoms with Gasteiger partial charge in [-0.2, -0.15) is 0 Å². The Labute approximate surface area is 176 Å². The Morgan fingerprint density at radius 3 is 1.48 bits per heavy atom. The Balaban J connectivity index is 1.77. The van der Waals surface area contributed by atoms with Crippen LogP contribution >= 0.6 is 18.6 Å². The fourth-order valence-electron chi connectivity index (χ4n) is 3.96. The maximum atomic E-state index is 5.02. The largest absolute Gasteiger partial charge is 0.237 e. The first-order chi connectivity index (χ1) is 14.4. The zero-order valence-electron chi connectivity index (χ0n) is 16.0. The lowest BCUT2D eigenvalue weighted by atomic mass is 10.3. The average Bonchev–Trinajstić information content (AvgIpc) is 3.22. The molecule has 0 fully saturated rings. The predicted octanol–water partition coefficient (Wildman–Crippen LogP) is 5.79. The second kappa shape index (κ2) is 7.91. The van der Waals surface area contributed by atoms with Crippen LogP contribution in [-0.2, 0) is 6.16 Å². The van der Waals surface area contributed by atoms with Crippen molar-refractivity contribution < 1.29 is 0 Å². The Kier molecular flexibility index (Phi) is 4.97. The van der Waals surface area contributed by atoms with Gasteiger partial charge in [0.15, 0.2) is 0 Å². The van der Waals surface area contributed by atoms with Gasteiger partial charge in [-0.25, -0.2) is 4.98 Å². The van der Waals surface area contributed by atoms with Gasteiger partial charge >= 0.3 is 0 Å². The summed E-state index contributed by atoms with van der Waals surface area (Å²) in [6.07, 6.45) is 0.935. The monoisotopic (exact) mass is 410 g/mol. The molecule has 0 unspecified atom stereocenters. The third kappa shape index (κ3) is 3.40. The molecule has 4 aromatic carbocycles. The molecule has 1 aromatic heterocycles. The molecule has 0 aliphatic heterocycles. The number of aromatic nitrogens is 1. The minimum Gasteiger partial charge on any atom is -0.237 e. The highest BCUT2D eigenvalue weighted by molar-refractivity contribution is 7.95. The van der Waals surface area contributed by atoms with Gasteiger partial charge in [0.1, 0.15) is 34.3 Å². The molecule has 0 saturated heterocycles. The first kappa shape index (κ1) is 18.2. The Bertz CT molecular complexity index is 1090. The molecule has 5 aromatic rings. The molecule has 0 saturated carbocycles. The molecule has 0 aliphatic carbocycles. The van der Waals surface area contributed by atoms with E-state index in [4.69, 9.17) is 4.98 Å². The standard InChI is InChI=1S/C26H21NPS/c1-4-12-21(13-5-1)28(22-14-6-2-7-15-22,23-16-8-3-9-17-23)20-26-27-24-18-10-11-19-25(24)29-26/h1-19H,20H2/q+1. The summed E-state index contributed by atoms with van der Waals surface area (Å²) in [7, 11) is -1.88. The van der Waals surface area contributed by atoms with Crippen LogP contribution in [0.3, 0.4) is 0 Å². The minimum atomic E-state index is -1.88. The molecule has 5 rings (SSSR count). The highest BCUT2D eigenvalue weighted by atomic mass is 32.1. The SMILES string of the molecule is c1ccc([P+](Cc2nc3ccccc3s2)(c2ccccc2)c2ccccc2)cc1. The molecule has 0 N–H and O–H groups in total. The third-order valence-corrected chi connectivity index (χ3v) is 10.9. The van der Waals surface area contributed by atoms with Crippen LogP contribution < -0.4 is 15.9 Å². The molecule has 0 radical (unpaired) electrons. The summed E-state index contributed by atoms with van der Waals surface area (Å²) in [5.74, 6) is 0. The van der Waals surface area contributed by atoms with Crippen LogP contribution in [0.25, 0.3) is 10.2 Å². The highest BCUT2D eigenvalue weighted by Gasteiger charge is 2.46. The van der Waals surface area contributed by atoms with E-state index < -0.39 is 7.26 Å². The topological polar surface area (TPSA) is 12.9 Å². The van der Waals surface area contributed by atoms with Crippen LogP contribution in [0.4, 0.5) is 0 Å². The number of rotatable bonds is 5. The summed E-state index contributed by atoms with van der Waals surface area (Å²) in [6.45, 7) is 0. The molecular formula is C26H21NPS+. The van der Waals surface area contributed by atoms with Crippen molar-refractivity contribution in [3.05, 3.63) is 120 Å². The fourth-order valence-corrected chi connectivity index (χ4v) is 9.52. The van der Waals surface area contributed by atoms with Crippen LogP contribution in [0.2, 0.25) is 0 Å². The van der Waals surface area contributed by atoms with E-state index in [1.165, 1.54) is 25.6 Å². The quantitative estimate of drug-likeness (QED) is 0.334. The van der Waals surface area contributed by atoms with Crippen molar-refractivity contribution in [2.75, 3.05) is 0 Å². The van der Waals surface area contributed by atoms with Gasteiger partial charge in [-0.15, -0.1) is 11.3 Å². The lowest BCUT2D eigenvalue weighted by molar-refractivity contribution is 1.30. The van der Waals surface area contributed by atoms with E-state index in [-0.39, 0.29) is 0 Å². The zero-order chi connectivity index (χ0) is 19.5. The first-order valence-corrected chi connectivity index (χ1v) is 12.5. The second-order valence-electron chi connectivity index (χ2n) is 7.05. The lowest BCUT2D eigenvalue weighted by Crippen LogP contribution is -2.32. The summed E-state index contributed by atoms with van der Waals surface area (Å²) in [5, 5.41) is 5.40. The number of hydrogen-bond donors (Lipinski definition) is 0. The zero-order valence-corrected chi connectivity index (χ0v) is 17.7. The number of fused-ring (bicyclic) bond motifs is 1. The minimum absolute atomic E-state index is 0.935. The molecule has 1 nitrogen and oxygen atoms in total. The molecule has 3 heteroatoms. The van der Waals surface area contributed by atoms with Crippen molar-refractivity contribution in [3.63, 3.8) is 0 Å². The van der Waals surface area contributed by atoms with Crippen molar-refractivity contribution in [2.45, 2.75) is 6.16 Å². The second-order valence-corrected chi connectivity index (χ2v) is 11.6. The fraction of sp³-hybridized carbons (Fsp3) is 0.0385. The molecule has 0 aliphatic rings. The molecule has 0 bridgehead atoms. The van der Waals surface area contributed by atoms with Crippen molar-refractivity contribution in [1.29, 1.82) is 0 Å². The number of nitrogens with zero attached hydrogens (tertiary/aromatic N) is 1. The van der Waals surface area contributed by atoms with Crippen LogP contribution in [0.15, 0.2) is 115 Å². The van der Waals surface area contributed by atoms with Gasteiger partial charge in [-0.3, -0.25) is 0 Å². The number of thiazole rings is 1. The van der Waals surface area contributed by atoms with Crippen molar-refractivity contribution >= 4 is 44.7 Å². The lowest BCUT2D eigenvalue weighted by Gasteiger charge is -2.26. The normalized spacial score (nSPS) is 11.6. The van der Waals surface area contributed by atoms with E-state index in [2.05, 4.69) is 115 Å². The van der Waals surface area contributed by atoms with Gasteiger partial charge < -0.3 is 0 Å². The highest BCUT2D eigenvalue weighted by Crippen LogP contribution is 2.58. The molecule has 140 valence electrons. The average molecular weight is 411 g/mol. The van der Waals surface area contributed by atoms with E-state index in [1.807, 2.05) is 11.3 Å². The summed E-state index contributed by atoms with van der Waals surface area (Å²) >= 11 is 1.82. The number of para-hydroxylation sites is 1. The summed E-state index contributed by atoms with van der Waals surface area (Å²) in [4.78, 5) is 5.02. The Hall–Kier alpha value is -2.80. The summed E-state index contributed by atoms with van der Waals surface area (Å²) < 4.78 is 1.26. The number of benzene rings is 4. The van der Waals surface area contributed by atoms with Gasteiger partial charge in [-0.1, -0.05) is 66.7 Å². The van der Waals surface area contributed by atoms with Crippen molar-refractivity contribution in [1.82, 2.24) is 4.98 Å². The smallest absolute Gasteiger partial charge is 0.132 e. The molecule has 0 atom stereocenters. The van der Waals surface area contributed by atoms with Crippen molar-refractivity contribution in [2.24, 2.45) is 0 Å².